The highest BCUT2D eigenvalue weighted by molar-refractivity contribution is 4.69. The maximum absolute atomic E-state index is 2.42. The highest BCUT2D eigenvalue weighted by Crippen LogP contribution is 2.30. The number of hydrogen-bond acceptors (Lipinski definition) is 0. The molecule has 0 aromatic rings. The Morgan fingerprint density at radius 2 is 0.727 bits per heavy atom. The van der Waals surface area contributed by atoms with Gasteiger partial charge in [0.1, 0.15) is 0 Å². The second-order valence-electron chi connectivity index (χ2n) is 7.45. The molecule has 0 amide bonds. The molecular formula is C22H46. The molecule has 134 valence electrons. The molecule has 22 heavy (non-hydrogen) atoms. The molecule has 0 rings (SSSR count). The van der Waals surface area contributed by atoms with Crippen LogP contribution in [0.2, 0.25) is 0 Å². The second-order valence-corrected chi connectivity index (χ2v) is 7.45. The van der Waals surface area contributed by atoms with Crippen molar-refractivity contribution in [3.63, 3.8) is 0 Å². The van der Waals surface area contributed by atoms with Crippen molar-refractivity contribution in [2.75, 3.05) is 0 Å². The van der Waals surface area contributed by atoms with Crippen LogP contribution in [-0.2, 0) is 0 Å². The molecule has 0 aliphatic heterocycles. The lowest BCUT2D eigenvalue weighted by Crippen LogP contribution is -2.13. The van der Waals surface area contributed by atoms with Gasteiger partial charge in [0.15, 0.2) is 0 Å². The first-order valence-electron chi connectivity index (χ1n) is 10.8. The Balaban J connectivity index is 3.74. The van der Waals surface area contributed by atoms with Gasteiger partial charge in [0.05, 0.1) is 0 Å². The SMILES string of the molecule is CCCCCCCCC(CC)C(CC)CCCCCCCC. The van der Waals surface area contributed by atoms with Crippen LogP contribution in [0.1, 0.15) is 130 Å². The van der Waals surface area contributed by atoms with E-state index in [0.29, 0.717) is 0 Å². The zero-order valence-electron chi connectivity index (χ0n) is 16.5. The van der Waals surface area contributed by atoms with Gasteiger partial charge in [-0.3, -0.25) is 0 Å². The molecule has 0 saturated carbocycles. The molecule has 0 radical (unpaired) electrons. The van der Waals surface area contributed by atoms with Gasteiger partial charge in [-0.15, -0.1) is 0 Å². The van der Waals surface area contributed by atoms with E-state index in [-0.39, 0.29) is 0 Å². The van der Waals surface area contributed by atoms with E-state index >= 15 is 0 Å². The molecule has 2 atom stereocenters. The molecule has 0 aliphatic rings. The molecule has 0 fully saturated rings. The van der Waals surface area contributed by atoms with Crippen LogP contribution in [0.5, 0.6) is 0 Å². The summed E-state index contributed by atoms with van der Waals surface area (Å²) < 4.78 is 0. The topological polar surface area (TPSA) is 0 Å². The molecule has 0 aromatic carbocycles. The quantitative estimate of drug-likeness (QED) is 0.236. The second kappa shape index (κ2) is 17.4. The van der Waals surface area contributed by atoms with E-state index in [1.54, 1.807) is 0 Å². The molecule has 0 bridgehead atoms. The largest absolute Gasteiger partial charge is 0.0654 e. The highest BCUT2D eigenvalue weighted by Gasteiger charge is 2.17. The van der Waals surface area contributed by atoms with Crippen molar-refractivity contribution >= 4 is 0 Å². The van der Waals surface area contributed by atoms with Crippen LogP contribution in [0.4, 0.5) is 0 Å². The van der Waals surface area contributed by atoms with Crippen LogP contribution in [0.25, 0.3) is 0 Å². The van der Waals surface area contributed by atoms with E-state index in [1.807, 2.05) is 0 Å². The molecule has 0 aliphatic carbocycles. The van der Waals surface area contributed by atoms with Crippen LogP contribution in [0, 0.1) is 11.8 Å². The molecular weight excluding hydrogens is 264 g/mol. The first kappa shape index (κ1) is 22.0. The lowest BCUT2D eigenvalue weighted by molar-refractivity contribution is 0.263. The van der Waals surface area contributed by atoms with E-state index in [2.05, 4.69) is 27.7 Å². The van der Waals surface area contributed by atoms with Crippen molar-refractivity contribution in [1.29, 1.82) is 0 Å². The van der Waals surface area contributed by atoms with Crippen LogP contribution >= 0.6 is 0 Å². The van der Waals surface area contributed by atoms with Gasteiger partial charge in [-0.25, -0.2) is 0 Å². The average Bonchev–Trinajstić information content (AvgIpc) is 2.54. The van der Waals surface area contributed by atoms with E-state index in [0.717, 1.165) is 11.8 Å². The maximum Gasteiger partial charge on any atom is -0.0389 e. The summed E-state index contributed by atoms with van der Waals surface area (Å²) in [4.78, 5) is 0. The summed E-state index contributed by atoms with van der Waals surface area (Å²) in [6.07, 6.45) is 23.2. The fourth-order valence-corrected chi connectivity index (χ4v) is 3.92. The summed E-state index contributed by atoms with van der Waals surface area (Å²) in [6.45, 7) is 9.46. The van der Waals surface area contributed by atoms with Crippen LogP contribution in [0.15, 0.2) is 0 Å². The Morgan fingerprint density at radius 3 is 1.05 bits per heavy atom. The van der Waals surface area contributed by atoms with Gasteiger partial charge < -0.3 is 0 Å². The number of unbranched alkanes of at least 4 members (excludes halogenated alkanes) is 10. The summed E-state index contributed by atoms with van der Waals surface area (Å²) in [5.41, 5.74) is 0. The minimum absolute atomic E-state index is 1.01. The predicted octanol–water partition coefficient (Wildman–Crippen LogP) is 8.54. The summed E-state index contributed by atoms with van der Waals surface area (Å²) in [5, 5.41) is 0. The van der Waals surface area contributed by atoms with Crippen molar-refractivity contribution in [2.24, 2.45) is 11.8 Å². The molecule has 2 unspecified atom stereocenters. The average molecular weight is 311 g/mol. The Morgan fingerprint density at radius 1 is 0.409 bits per heavy atom. The lowest BCUT2D eigenvalue weighted by atomic mass is 9.81. The smallest absolute Gasteiger partial charge is 0.0389 e. The van der Waals surface area contributed by atoms with E-state index in [9.17, 15) is 0 Å². The molecule has 0 spiro atoms. The monoisotopic (exact) mass is 310 g/mol. The van der Waals surface area contributed by atoms with Crippen LogP contribution < -0.4 is 0 Å². The summed E-state index contributed by atoms with van der Waals surface area (Å²) >= 11 is 0. The Hall–Kier alpha value is 0. The first-order chi connectivity index (χ1) is 10.8. The molecule has 0 aromatic heterocycles. The lowest BCUT2D eigenvalue weighted by Gasteiger charge is -2.25. The van der Waals surface area contributed by atoms with Crippen LogP contribution in [-0.4, -0.2) is 0 Å². The van der Waals surface area contributed by atoms with Crippen molar-refractivity contribution < 1.29 is 0 Å². The van der Waals surface area contributed by atoms with Crippen molar-refractivity contribution in [3.05, 3.63) is 0 Å². The zero-order chi connectivity index (χ0) is 16.5. The minimum Gasteiger partial charge on any atom is -0.0654 e. The first-order valence-corrected chi connectivity index (χ1v) is 10.8. The third-order valence-electron chi connectivity index (χ3n) is 5.57. The number of hydrogen-bond donors (Lipinski definition) is 0. The highest BCUT2D eigenvalue weighted by atomic mass is 14.2. The zero-order valence-corrected chi connectivity index (χ0v) is 16.5. The third-order valence-corrected chi connectivity index (χ3v) is 5.57. The molecule has 0 N–H and O–H groups in total. The van der Waals surface area contributed by atoms with Gasteiger partial charge in [0, 0.05) is 0 Å². The normalized spacial score (nSPS) is 14.2. The summed E-state index contributed by atoms with van der Waals surface area (Å²) in [5.74, 6) is 2.01. The minimum atomic E-state index is 1.01. The maximum atomic E-state index is 2.42. The van der Waals surface area contributed by atoms with Crippen LogP contribution in [0.3, 0.4) is 0 Å². The van der Waals surface area contributed by atoms with Crippen molar-refractivity contribution in [1.82, 2.24) is 0 Å². The molecule has 0 heteroatoms. The van der Waals surface area contributed by atoms with Gasteiger partial charge in [-0.1, -0.05) is 130 Å². The summed E-state index contributed by atoms with van der Waals surface area (Å²) in [7, 11) is 0. The fourth-order valence-electron chi connectivity index (χ4n) is 3.92. The Kier molecular flexibility index (Phi) is 17.4. The summed E-state index contributed by atoms with van der Waals surface area (Å²) in [6, 6.07) is 0. The van der Waals surface area contributed by atoms with Gasteiger partial charge in [0.2, 0.25) is 0 Å². The third kappa shape index (κ3) is 12.5. The van der Waals surface area contributed by atoms with Gasteiger partial charge in [-0.05, 0) is 11.8 Å². The van der Waals surface area contributed by atoms with Crippen molar-refractivity contribution in [3.8, 4) is 0 Å². The van der Waals surface area contributed by atoms with Gasteiger partial charge >= 0.3 is 0 Å². The van der Waals surface area contributed by atoms with Gasteiger partial charge in [-0.2, -0.15) is 0 Å². The standard InChI is InChI=1S/C22H46/c1-5-9-11-13-15-17-19-21(7-3)22(8-4)20-18-16-14-12-10-6-2/h21-22H,5-20H2,1-4H3. The molecule has 0 nitrogen and oxygen atoms in total. The number of rotatable bonds is 17. The fraction of sp³-hybridized carbons (Fsp3) is 1.00. The van der Waals surface area contributed by atoms with Crippen molar-refractivity contribution in [2.45, 2.75) is 130 Å². The van der Waals surface area contributed by atoms with Gasteiger partial charge in [0.25, 0.3) is 0 Å². The molecule has 0 heterocycles. The Labute approximate surface area is 142 Å². The molecule has 0 saturated heterocycles. The van der Waals surface area contributed by atoms with E-state index < -0.39 is 0 Å². The predicted molar refractivity (Wildman–Crippen MR) is 104 cm³/mol. The van der Waals surface area contributed by atoms with E-state index in [1.165, 1.54) is 103 Å². The Bertz CT molecular complexity index is 174. The van der Waals surface area contributed by atoms with E-state index in [4.69, 9.17) is 0 Å².